The zero-order valence-electron chi connectivity index (χ0n) is 18.7. The van der Waals surface area contributed by atoms with Crippen LogP contribution in [0.4, 0.5) is 0 Å². The van der Waals surface area contributed by atoms with E-state index in [9.17, 15) is 13.2 Å². The molecular formula is C23H28N4O4S. The van der Waals surface area contributed by atoms with E-state index in [1.165, 1.54) is 5.56 Å². The predicted octanol–water partition coefficient (Wildman–Crippen LogP) is 3.11. The summed E-state index contributed by atoms with van der Waals surface area (Å²) in [7, 11) is -3.57. The molecule has 3 rings (SSSR count). The highest BCUT2D eigenvalue weighted by Gasteiger charge is 2.21. The van der Waals surface area contributed by atoms with Gasteiger partial charge < -0.3 is 9.84 Å². The number of hydrogen-bond donors (Lipinski definition) is 1. The summed E-state index contributed by atoms with van der Waals surface area (Å²) in [5.74, 6) is 0.208. The van der Waals surface area contributed by atoms with Crippen molar-refractivity contribution in [3.63, 3.8) is 0 Å². The van der Waals surface area contributed by atoms with Gasteiger partial charge in [-0.15, -0.1) is 0 Å². The van der Waals surface area contributed by atoms with Gasteiger partial charge in [-0.1, -0.05) is 80.5 Å². The molecule has 0 fully saturated rings. The maximum Gasteiger partial charge on any atom is 0.246 e. The molecule has 8 nitrogen and oxygen atoms in total. The molecule has 0 saturated carbocycles. The molecule has 32 heavy (non-hydrogen) atoms. The van der Waals surface area contributed by atoms with Crippen molar-refractivity contribution in [2.45, 2.75) is 39.3 Å². The predicted molar refractivity (Wildman–Crippen MR) is 122 cm³/mol. The first-order valence-electron chi connectivity index (χ1n) is 10.2. The summed E-state index contributed by atoms with van der Waals surface area (Å²) >= 11 is 0. The Balaban J connectivity index is 1.59. The molecule has 0 atom stereocenters. The van der Waals surface area contributed by atoms with Gasteiger partial charge in [0.1, 0.15) is 0 Å². The van der Waals surface area contributed by atoms with Crippen LogP contribution in [0.1, 0.15) is 37.8 Å². The van der Waals surface area contributed by atoms with Gasteiger partial charge in [-0.05, 0) is 16.5 Å². The second-order valence-electron chi connectivity index (χ2n) is 8.63. The number of nitrogens with zero attached hydrogens (tertiary/aromatic N) is 3. The number of carbonyl (C=O) groups excluding carboxylic acids is 1. The van der Waals surface area contributed by atoms with Crippen LogP contribution in [0.5, 0.6) is 0 Å². The van der Waals surface area contributed by atoms with Gasteiger partial charge in [0.25, 0.3) is 0 Å². The number of nitrogens with one attached hydrogen (secondary N) is 1. The highest BCUT2D eigenvalue weighted by atomic mass is 32.2. The lowest BCUT2D eigenvalue weighted by molar-refractivity contribution is -0.121. The van der Waals surface area contributed by atoms with E-state index in [-0.39, 0.29) is 30.9 Å². The standard InChI is InChI=1S/C23H28N4O4S/c1-23(2,3)19-12-10-18(11-13-19)22-25-21(31-26-22)14-24-20(28)16-27(32(4,29)30)15-17-8-6-5-7-9-17/h5-13H,14-16H2,1-4H3,(H,24,28). The Labute approximate surface area is 188 Å². The van der Waals surface area contributed by atoms with Gasteiger partial charge >= 0.3 is 0 Å². The Morgan fingerprint density at radius 2 is 1.72 bits per heavy atom. The van der Waals surface area contributed by atoms with Gasteiger partial charge in [-0.25, -0.2) is 8.42 Å². The quantitative estimate of drug-likeness (QED) is 0.558. The minimum absolute atomic E-state index is 0.00878. The molecule has 0 radical (unpaired) electrons. The van der Waals surface area contributed by atoms with Crippen LogP contribution in [-0.2, 0) is 33.3 Å². The van der Waals surface area contributed by atoms with E-state index in [0.29, 0.717) is 5.82 Å². The van der Waals surface area contributed by atoms with Crippen molar-refractivity contribution in [1.29, 1.82) is 0 Å². The lowest BCUT2D eigenvalue weighted by Crippen LogP contribution is -2.39. The third-order valence-electron chi connectivity index (χ3n) is 4.90. The fourth-order valence-corrected chi connectivity index (χ4v) is 3.77. The zero-order valence-corrected chi connectivity index (χ0v) is 19.5. The molecule has 0 aliphatic heterocycles. The lowest BCUT2D eigenvalue weighted by atomic mass is 9.87. The highest BCUT2D eigenvalue weighted by molar-refractivity contribution is 7.88. The minimum Gasteiger partial charge on any atom is -0.346 e. The molecule has 170 valence electrons. The zero-order chi connectivity index (χ0) is 23.4. The number of sulfonamides is 1. The highest BCUT2D eigenvalue weighted by Crippen LogP contribution is 2.25. The molecule has 2 aromatic carbocycles. The van der Waals surface area contributed by atoms with Crippen molar-refractivity contribution < 1.29 is 17.7 Å². The van der Waals surface area contributed by atoms with E-state index >= 15 is 0 Å². The molecule has 0 unspecified atom stereocenters. The molecule has 0 spiro atoms. The average Bonchev–Trinajstić information content (AvgIpc) is 3.20. The summed E-state index contributed by atoms with van der Waals surface area (Å²) in [4.78, 5) is 16.7. The second kappa shape index (κ2) is 9.62. The third-order valence-corrected chi connectivity index (χ3v) is 6.10. The lowest BCUT2D eigenvalue weighted by Gasteiger charge is -2.19. The van der Waals surface area contributed by atoms with Crippen molar-refractivity contribution in [2.75, 3.05) is 12.8 Å². The summed E-state index contributed by atoms with van der Waals surface area (Å²) < 4.78 is 30.5. The first-order valence-corrected chi connectivity index (χ1v) is 12.1. The monoisotopic (exact) mass is 456 g/mol. The molecule has 0 aliphatic carbocycles. The summed E-state index contributed by atoms with van der Waals surface area (Å²) in [5.41, 5.74) is 2.85. The fourth-order valence-electron chi connectivity index (χ4n) is 3.03. The molecular weight excluding hydrogens is 428 g/mol. The van der Waals surface area contributed by atoms with Crippen molar-refractivity contribution >= 4 is 15.9 Å². The number of aromatic nitrogens is 2. The van der Waals surface area contributed by atoms with E-state index < -0.39 is 15.9 Å². The molecule has 3 aromatic rings. The summed E-state index contributed by atoms with van der Waals surface area (Å²) in [5, 5.41) is 6.61. The summed E-state index contributed by atoms with van der Waals surface area (Å²) in [6.45, 7) is 6.24. The van der Waals surface area contributed by atoms with Crippen LogP contribution >= 0.6 is 0 Å². The van der Waals surface area contributed by atoms with Crippen LogP contribution in [0.25, 0.3) is 11.4 Å². The van der Waals surface area contributed by atoms with Gasteiger partial charge in [-0.2, -0.15) is 9.29 Å². The molecule has 0 aliphatic rings. The van der Waals surface area contributed by atoms with Gasteiger partial charge in [-0.3, -0.25) is 4.79 Å². The maximum atomic E-state index is 12.4. The van der Waals surface area contributed by atoms with E-state index in [1.807, 2.05) is 54.6 Å². The first kappa shape index (κ1) is 23.6. The van der Waals surface area contributed by atoms with Crippen LogP contribution < -0.4 is 5.32 Å². The minimum atomic E-state index is -3.57. The normalized spacial score (nSPS) is 12.2. The van der Waals surface area contributed by atoms with E-state index in [4.69, 9.17) is 4.52 Å². The molecule has 0 saturated heterocycles. The molecule has 0 bridgehead atoms. The summed E-state index contributed by atoms with van der Waals surface area (Å²) in [6, 6.07) is 17.0. The molecule has 1 amide bonds. The number of benzene rings is 2. The molecule has 1 aromatic heterocycles. The van der Waals surface area contributed by atoms with Crippen LogP contribution in [0.2, 0.25) is 0 Å². The number of amides is 1. The first-order chi connectivity index (χ1) is 15.0. The molecule has 1 N–H and O–H groups in total. The van der Waals surface area contributed by atoms with Crippen molar-refractivity contribution in [1.82, 2.24) is 19.8 Å². The topological polar surface area (TPSA) is 105 Å². The van der Waals surface area contributed by atoms with E-state index in [2.05, 4.69) is 36.2 Å². The second-order valence-corrected chi connectivity index (χ2v) is 10.6. The van der Waals surface area contributed by atoms with Crippen LogP contribution in [0.3, 0.4) is 0 Å². The molecule has 9 heteroatoms. The van der Waals surface area contributed by atoms with Crippen molar-refractivity contribution in [2.24, 2.45) is 0 Å². The number of rotatable bonds is 8. The van der Waals surface area contributed by atoms with Crippen molar-refractivity contribution in [3.05, 3.63) is 71.6 Å². The largest absolute Gasteiger partial charge is 0.346 e. The fraction of sp³-hybridized carbons (Fsp3) is 0.348. The average molecular weight is 457 g/mol. The van der Waals surface area contributed by atoms with Gasteiger partial charge in [0, 0.05) is 12.1 Å². The SMILES string of the molecule is CC(C)(C)c1ccc(-c2noc(CNC(=O)CN(Cc3ccccc3)S(C)(=O)=O)n2)cc1. The Hall–Kier alpha value is -3.04. The van der Waals surface area contributed by atoms with Gasteiger partial charge in [0.05, 0.1) is 19.3 Å². The van der Waals surface area contributed by atoms with E-state index in [1.54, 1.807) is 0 Å². The van der Waals surface area contributed by atoms with Crippen LogP contribution in [0.15, 0.2) is 59.1 Å². The van der Waals surface area contributed by atoms with Crippen molar-refractivity contribution in [3.8, 4) is 11.4 Å². The number of carbonyl (C=O) groups is 1. The Kier molecular flexibility index (Phi) is 7.10. The maximum absolute atomic E-state index is 12.4. The third kappa shape index (κ3) is 6.48. The molecule has 1 heterocycles. The smallest absolute Gasteiger partial charge is 0.246 e. The van der Waals surface area contributed by atoms with Crippen LogP contribution in [-0.4, -0.2) is 41.6 Å². The Morgan fingerprint density at radius 3 is 2.31 bits per heavy atom. The van der Waals surface area contributed by atoms with Crippen LogP contribution in [0, 0.1) is 0 Å². The summed E-state index contributed by atoms with van der Waals surface area (Å²) in [6.07, 6.45) is 1.08. The van der Waals surface area contributed by atoms with Gasteiger partial charge in [0.2, 0.25) is 27.6 Å². The van der Waals surface area contributed by atoms with Gasteiger partial charge in [0.15, 0.2) is 0 Å². The Bertz CT molecular complexity index is 1150. The van der Waals surface area contributed by atoms with E-state index in [0.717, 1.165) is 21.7 Å². The Morgan fingerprint density at radius 1 is 1.06 bits per heavy atom. The number of hydrogen-bond acceptors (Lipinski definition) is 6.